The highest BCUT2D eigenvalue weighted by atomic mass is 16.2. The van der Waals surface area contributed by atoms with Crippen molar-refractivity contribution in [1.82, 2.24) is 33.8 Å². The van der Waals surface area contributed by atoms with Gasteiger partial charge in [-0.1, -0.05) is 30.3 Å². The quantitative estimate of drug-likeness (QED) is 0.549. The number of benzene rings is 1. The number of carbonyl (C=O) groups is 1. The maximum atomic E-state index is 13.3. The number of carbonyl (C=O) groups excluding carboxylic acids is 1. The van der Waals surface area contributed by atoms with Crippen LogP contribution in [0, 0.1) is 6.92 Å². The van der Waals surface area contributed by atoms with Gasteiger partial charge in [0.25, 0.3) is 5.91 Å². The van der Waals surface area contributed by atoms with E-state index in [-0.39, 0.29) is 11.9 Å². The van der Waals surface area contributed by atoms with Crippen LogP contribution >= 0.6 is 0 Å². The Labute approximate surface area is 162 Å². The average Bonchev–Trinajstić information content (AvgIpc) is 3.39. The lowest BCUT2D eigenvalue weighted by Crippen LogP contribution is -2.42. The minimum Gasteiger partial charge on any atom is -0.334 e. The SMILES string of the molecule is Cc1nnc2n1[C@H](Cc1ccccc1)CN(C(=O)c1cnn3ccn(C)c13)C2. The summed E-state index contributed by atoms with van der Waals surface area (Å²) in [6.45, 7) is 3.03. The molecule has 0 aliphatic carbocycles. The molecule has 142 valence electrons. The van der Waals surface area contributed by atoms with Gasteiger partial charge in [0.05, 0.1) is 18.8 Å². The molecule has 4 heterocycles. The summed E-state index contributed by atoms with van der Waals surface area (Å²) in [6, 6.07) is 10.4. The van der Waals surface area contributed by atoms with Crippen LogP contribution in [0.4, 0.5) is 0 Å². The number of hydrogen-bond acceptors (Lipinski definition) is 4. The van der Waals surface area contributed by atoms with Crippen molar-refractivity contribution in [3.63, 3.8) is 0 Å². The summed E-state index contributed by atoms with van der Waals surface area (Å²) in [5, 5.41) is 12.9. The molecule has 28 heavy (non-hydrogen) atoms. The van der Waals surface area contributed by atoms with Gasteiger partial charge in [0.1, 0.15) is 17.0 Å². The summed E-state index contributed by atoms with van der Waals surface area (Å²) in [5.74, 6) is 1.69. The molecule has 1 aromatic carbocycles. The standard InChI is InChI=1S/C20H21N7O/c1-14-22-23-18-13-25(12-16(27(14)18)10-15-6-4-3-5-7-15)20(28)17-11-21-26-9-8-24(2)19(17)26/h3-9,11,16H,10,12-13H2,1-2H3/t16-/m1/s1. The molecule has 8 heteroatoms. The van der Waals surface area contributed by atoms with Gasteiger partial charge in [-0.15, -0.1) is 10.2 Å². The van der Waals surface area contributed by atoms with E-state index in [1.54, 1.807) is 10.7 Å². The van der Waals surface area contributed by atoms with E-state index in [2.05, 4.69) is 32.0 Å². The van der Waals surface area contributed by atoms with Crippen molar-refractivity contribution >= 4 is 11.6 Å². The number of fused-ring (bicyclic) bond motifs is 2. The first-order valence-electron chi connectivity index (χ1n) is 9.34. The molecule has 0 N–H and O–H groups in total. The van der Waals surface area contributed by atoms with E-state index in [0.717, 1.165) is 23.7 Å². The van der Waals surface area contributed by atoms with E-state index in [9.17, 15) is 4.79 Å². The molecular weight excluding hydrogens is 354 g/mol. The Balaban J connectivity index is 1.49. The summed E-state index contributed by atoms with van der Waals surface area (Å²) in [7, 11) is 1.92. The molecule has 1 aliphatic rings. The Morgan fingerprint density at radius 3 is 2.82 bits per heavy atom. The van der Waals surface area contributed by atoms with E-state index >= 15 is 0 Å². The molecule has 8 nitrogen and oxygen atoms in total. The van der Waals surface area contributed by atoms with E-state index in [0.29, 0.717) is 18.7 Å². The van der Waals surface area contributed by atoms with Gasteiger partial charge in [0, 0.05) is 26.0 Å². The van der Waals surface area contributed by atoms with E-state index in [1.807, 2.05) is 54.0 Å². The third-order valence-corrected chi connectivity index (χ3v) is 5.43. The van der Waals surface area contributed by atoms with Gasteiger partial charge in [0.15, 0.2) is 5.82 Å². The van der Waals surface area contributed by atoms with Crippen molar-refractivity contribution in [3.8, 4) is 0 Å². The van der Waals surface area contributed by atoms with Crippen molar-refractivity contribution in [3.05, 3.63) is 71.7 Å². The second kappa shape index (κ2) is 6.33. The highest BCUT2D eigenvalue weighted by Crippen LogP contribution is 2.27. The molecule has 0 unspecified atom stereocenters. The first-order chi connectivity index (χ1) is 13.6. The molecule has 5 rings (SSSR count). The first kappa shape index (κ1) is 16.7. The van der Waals surface area contributed by atoms with Crippen LogP contribution in [-0.4, -0.2) is 46.3 Å². The van der Waals surface area contributed by atoms with Crippen LogP contribution in [0.1, 0.15) is 33.6 Å². The largest absolute Gasteiger partial charge is 0.334 e. The van der Waals surface area contributed by atoms with Crippen LogP contribution in [0.3, 0.4) is 0 Å². The van der Waals surface area contributed by atoms with Crippen molar-refractivity contribution in [2.24, 2.45) is 7.05 Å². The Bertz CT molecular complexity index is 1150. The Morgan fingerprint density at radius 1 is 1.18 bits per heavy atom. The van der Waals surface area contributed by atoms with Gasteiger partial charge in [-0.3, -0.25) is 4.79 Å². The lowest BCUT2D eigenvalue weighted by atomic mass is 10.0. The second-order valence-electron chi connectivity index (χ2n) is 7.30. The summed E-state index contributed by atoms with van der Waals surface area (Å²) in [5.41, 5.74) is 2.64. The van der Waals surface area contributed by atoms with Crippen LogP contribution in [-0.2, 0) is 20.0 Å². The number of nitrogens with zero attached hydrogens (tertiary/aromatic N) is 7. The molecular formula is C20H21N7O. The molecule has 0 bridgehead atoms. The fraction of sp³-hybridized carbons (Fsp3) is 0.300. The predicted molar refractivity (Wildman–Crippen MR) is 103 cm³/mol. The second-order valence-corrected chi connectivity index (χ2v) is 7.30. The van der Waals surface area contributed by atoms with E-state index in [1.165, 1.54) is 5.56 Å². The van der Waals surface area contributed by atoms with E-state index < -0.39 is 0 Å². The van der Waals surface area contributed by atoms with Crippen LogP contribution in [0.25, 0.3) is 5.65 Å². The van der Waals surface area contributed by atoms with Crippen molar-refractivity contribution in [2.75, 3.05) is 6.54 Å². The predicted octanol–water partition coefficient (Wildman–Crippen LogP) is 2.01. The zero-order valence-corrected chi connectivity index (χ0v) is 15.9. The molecule has 0 radical (unpaired) electrons. The molecule has 1 aliphatic heterocycles. The Kier molecular flexibility index (Phi) is 3.78. The zero-order valence-electron chi connectivity index (χ0n) is 15.9. The molecule has 0 saturated heterocycles. The van der Waals surface area contributed by atoms with Crippen LogP contribution in [0.5, 0.6) is 0 Å². The fourth-order valence-electron chi connectivity index (χ4n) is 4.14. The van der Waals surface area contributed by atoms with Gasteiger partial charge < -0.3 is 14.0 Å². The summed E-state index contributed by atoms with van der Waals surface area (Å²) in [4.78, 5) is 15.2. The van der Waals surface area contributed by atoms with Crippen LogP contribution in [0.15, 0.2) is 48.9 Å². The molecule has 0 saturated carbocycles. The first-order valence-corrected chi connectivity index (χ1v) is 9.34. The third-order valence-electron chi connectivity index (χ3n) is 5.43. The number of rotatable bonds is 3. The molecule has 1 atom stereocenters. The van der Waals surface area contributed by atoms with Gasteiger partial charge in [0.2, 0.25) is 0 Å². The number of amides is 1. The highest BCUT2D eigenvalue weighted by Gasteiger charge is 2.32. The van der Waals surface area contributed by atoms with Gasteiger partial charge in [-0.2, -0.15) is 5.10 Å². The van der Waals surface area contributed by atoms with Gasteiger partial charge in [-0.25, -0.2) is 4.52 Å². The lowest BCUT2D eigenvalue weighted by molar-refractivity contribution is 0.0673. The minimum atomic E-state index is -0.0261. The summed E-state index contributed by atoms with van der Waals surface area (Å²) in [6.07, 6.45) is 6.21. The summed E-state index contributed by atoms with van der Waals surface area (Å²) < 4.78 is 5.82. The average molecular weight is 375 g/mol. The minimum absolute atomic E-state index is 0.0261. The molecule has 0 spiro atoms. The molecule has 4 aromatic rings. The highest BCUT2D eigenvalue weighted by molar-refractivity contribution is 5.99. The number of aromatic nitrogens is 6. The smallest absolute Gasteiger partial charge is 0.259 e. The zero-order chi connectivity index (χ0) is 19.3. The Morgan fingerprint density at radius 2 is 2.00 bits per heavy atom. The lowest BCUT2D eigenvalue weighted by Gasteiger charge is -2.34. The fourth-order valence-corrected chi connectivity index (χ4v) is 4.14. The third kappa shape index (κ3) is 2.60. The topological polar surface area (TPSA) is 73.2 Å². The van der Waals surface area contributed by atoms with Crippen LogP contribution < -0.4 is 0 Å². The van der Waals surface area contributed by atoms with Gasteiger partial charge in [-0.05, 0) is 18.9 Å². The number of hydrogen-bond donors (Lipinski definition) is 0. The van der Waals surface area contributed by atoms with Crippen molar-refractivity contribution in [2.45, 2.75) is 25.9 Å². The van der Waals surface area contributed by atoms with Gasteiger partial charge >= 0.3 is 0 Å². The number of aryl methyl sites for hydroxylation is 2. The summed E-state index contributed by atoms with van der Waals surface area (Å²) >= 11 is 0. The van der Waals surface area contributed by atoms with E-state index in [4.69, 9.17) is 0 Å². The van der Waals surface area contributed by atoms with Crippen LogP contribution in [0.2, 0.25) is 0 Å². The maximum Gasteiger partial charge on any atom is 0.259 e. The monoisotopic (exact) mass is 375 g/mol. The normalized spacial score (nSPS) is 16.5. The molecule has 3 aromatic heterocycles. The maximum absolute atomic E-state index is 13.3. The molecule has 0 fully saturated rings. The Hall–Kier alpha value is -3.42. The number of imidazole rings is 1. The molecule has 1 amide bonds. The van der Waals surface area contributed by atoms with Crippen molar-refractivity contribution in [1.29, 1.82) is 0 Å². The van der Waals surface area contributed by atoms with Crippen molar-refractivity contribution < 1.29 is 4.79 Å².